The van der Waals surface area contributed by atoms with E-state index in [1.165, 1.54) is 23.9 Å². The summed E-state index contributed by atoms with van der Waals surface area (Å²) in [7, 11) is 0. The van der Waals surface area contributed by atoms with Crippen LogP contribution in [0.4, 0.5) is 10.2 Å². The zero-order valence-corrected chi connectivity index (χ0v) is 23.2. The predicted molar refractivity (Wildman–Crippen MR) is 148 cm³/mol. The van der Waals surface area contributed by atoms with E-state index < -0.39 is 0 Å². The topological polar surface area (TPSA) is 67.2 Å². The van der Waals surface area contributed by atoms with Gasteiger partial charge in [-0.25, -0.2) is 9.07 Å². The fourth-order valence-electron chi connectivity index (χ4n) is 4.60. The van der Waals surface area contributed by atoms with Crippen LogP contribution in [0.15, 0.2) is 42.5 Å². The largest absolute Gasteiger partial charge is 0.355 e. The first-order chi connectivity index (χ1) is 17.5. The first-order valence-electron chi connectivity index (χ1n) is 12.7. The molecule has 2 heterocycles. The van der Waals surface area contributed by atoms with Crippen LogP contribution in [0.5, 0.6) is 0 Å². The minimum absolute atomic E-state index is 0.109. The summed E-state index contributed by atoms with van der Waals surface area (Å²) in [5.74, 6) is 0.0118. The van der Waals surface area contributed by atoms with E-state index in [1.54, 1.807) is 11.0 Å². The number of carbonyl (C=O) groups excluding carboxylic acids is 2. The smallest absolute Gasteiger partial charge is 0.240 e. The lowest BCUT2D eigenvalue weighted by atomic mass is 9.87. The van der Waals surface area contributed by atoms with Gasteiger partial charge in [-0.05, 0) is 55.2 Å². The van der Waals surface area contributed by atoms with Gasteiger partial charge in [0.15, 0.2) is 0 Å². The molecule has 3 aromatic rings. The monoisotopic (exact) mass is 522 g/mol. The quantitative estimate of drug-likeness (QED) is 0.456. The van der Waals surface area contributed by atoms with Crippen molar-refractivity contribution in [3.63, 3.8) is 0 Å². The number of rotatable bonds is 6. The summed E-state index contributed by atoms with van der Waals surface area (Å²) in [6, 6.07) is 12.5. The van der Waals surface area contributed by atoms with Gasteiger partial charge in [0.1, 0.15) is 18.2 Å². The molecule has 1 N–H and O–H groups in total. The first kappa shape index (κ1) is 26.9. The molecule has 0 radical (unpaired) electrons. The van der Waals surface area contributed by atoms with Crippen molar-refractivity contribution in [2.75, 3.05) is 23.7 Å². The molecule has 0 bridgehead atoms. The summed E-state index contributed by atoms with van der Waals surface area (Å²) >= 11 is 1.45. The van der Waals surface area contributed by atoms with Crippen LogP contribution >= 0.6 is 11.8 Å². The van der Waals surface area contributed by atoms with Gasteiger partial charge in [0.25, 0.3) is 0 Å². The Labute approximate surface area is 222 Å². The summed E-state index contributed by atoms with van der Waals surface area (Å²) in [4.78, 5) is 28.1. The number of aryl methyl sites for hydroxylation is 1. The Hall–Kier alpha value is -3.13. The molecule has 6 nitrogen and oxygen atoms in total. The summed E-state index contributed by atoms with van der Waals surface area (Å²) in [6.07, 6.45) is 0.803. The van der Waals surface area contributed by atoms with Crippen molar-refractivity contribution in [2.45, 2.75) is 58.6 Å². The number of carbonyl (C=O) groups is 2. The molecule has 196 valence electrons. The summed E-state index contributed by atoms with van der Waals surface area (Å²) in [5.41, 5.74) is 5.04. The third-order valence-corrected chi connectivity index (χ3v) is 7.88. The zero-order valence-electron chi connectivity index (χ0n) is 22.4. The number of aromatic nitrogens is 2. The van der Waals surface area contributed by atoms with Crippen molar-refractivity contribution in [2.24, 2.45) is 0 Å². The Kier molecular flexibility index (Phi) is 7.78. The second-order valence-electron chi connectivity index (χ2n) is 10.5. The number of hydrogen-bond acceptors (Lipinski definition) is 4. The number of anilines is 1. The fourth-order valence-corrected chi connectivity index (χ4v) is 5.79. The van der Waals surface area contributed by atoms with E-state index in [2.05, 4.69) is 26.1 Å². The normalized spacial score (nSPS) is 15.9. The van der Waals surface area contributed by atoms with E-state index in [1.807, 2.05) is 49.7 Å². The van der Waals surface area contributed by atoms with Gasteiger partial charge in [-0.15, -0.1) is 11.8 Å². The lowest BCUT2D eigenvalue weighted by molar-refractivity contribution is -0.122. The number of thioether (sulfide) groups is 1. The van der Waals surface area contributed by atoms with E-state index in [4.69, 9.17) is 5.10 Å². The van der Waals surface area contributed by atoms with Gasteiger partial charge < -0.3 is 5.32 Å². The standard InChI is InChI=1S/C29H35FN4O2S/c1-7-14-31-23(35)16-33-24(36)17-37-26(20-11-9-12-21(30)15-20)25-27(29(4,5)6)32-34(28(25)33)22-13-8-10-18(2)19(22)3/h8-13,15,26H,7,14,16-17H2,1-6H3,(H,31,35)/t26-/m0/s1. The van der Waals surface area contributed by atoms with Crippen LogP contribution in [0.2, 0.25) is 0 Å². The van der Waals surface area contributed by atoms with E-state index in [-0.39, 0.29) is 40.6 Å². The SMILES string of the molecule is CCCNC(=O)CN1C(=O)CS[C@@H](c2cccc(F)c2)c2c(C(C)(C)C)nn(-c3cccc(C)c3C)c21. The lowest BCUT2D eigenvalue weighted by Crippen LogP contribution is -2.42. The fraction of sp³-hybridized carbons (Fsp3) is 0.414. The van der Waals surface area contributed by atoms with Gasteiger partial charge in [0, 0.05) is 17.5 Å². The van der Waals surface area contributed by atoms with Crippen molar-refractivity contribution in [3.8, 4) is 5.69 Å². The molecule has 8 heteroatoms. The summed E-state index contributed by atoms with van der Waals surface area (Å²) in [5, 5.41) is 7.69. The highest BCUT2D eigenvalue weighted by atomic mass is 32.2. The van der Waals surface area contributed by atoms with E-state index in [9.17, 15) is 14.0 Å². The highest BCUT2D eigenvalue weighted by molar-refractivity contribution is 8.00. The molecule has 1 aliphatic rings. The van der Waals surface area contributed by atoms with Crippen molar-refractivity contribution in [1.29, 1.82) is 0 Å². The van der Waals surface area contributed by atoms with Crippen LogP contribution in [0.1, 0.15) is 67.3 Å². The second kappa shape index (κ2) is 10.7. The molecular formula is C29H35FN4O2S. The molecule has 0 spiro atoms. The number of nitrogens with one attached hydrogen (secondary N) is 1. The Morgan fingerprint density at radius 2 is 1.92 bits per heavy atom. The molecule has 1 aromatic heterocycles. The lowest BCUT2D eigenvalue weighted by Gasteiger charge is -2.25. The molecule has 1 atom stereocenters. The third-order valence-electron chi connectivity index (χ3n) is 6.63. The van der Waals surface area contributed by atoms with E-state index >= 15 is 0 Å². The van der Waals surface area contributed by atoms with Gasteiger partial charge in [-0.3, -0.25) is 14.5 Å². The Bertz CT molecular complexity index is 1330. The predicted octanol–water partition coefficient (Wildman–Crippen LogP) is 5.62. The van der Waals surface area contributed by atoms with E-state index in [0.29, 0.717) is 12.4 Å². The number of nitrogens with zero attached hydrogens (tertiary/aromatic N) is 3. The van der Waals surface area contributed by atoms with Crippen molar-refractivity contribution < 1.29 is 14.0 Å². The number of amides is 2. The average Bonchev–Trinajstić information content (AvgIpc) is 3.17. The summed E-state index contributed by atoms with van der Waals surface area (Å²) < 4.78 is 16.2. The molecule has 0 saturated carbocycles. The maximum atomic E-state index is 14.4. The molecule has 1 aliphatic heterocycles. The third kappa shape index (κ3) is 5.44. The number of fused-ring (bicyclic) bond motifs is 1. The molecule has 0 fully saturated rings. The molecule has 0 aliphatic carbocycles. The highest BCUT2D eigenvalue weighted by Gasteiger charge is 2.40. The minimum Gasteiger partial charge on any atom is -0.355 e. The first-order valence-corrected chi connectivity index (χ1v) is 13.7. The molecular weight excluding hydrogens is 487 g/mol. The zero-order chi connectivity index (χ0) is 26.9. The highest BCUT2D eigenvalue weighted by Crippen LogP contribution is 2.48. The van der Waals surface area contributed by atoms with Gasteiger partial charge in [-0.2, -0.15) is 5.10 Å². The maximum Gasteiger partial charge on any atom is 0.240 e. The molecule has 0 saturated heterocycles. The molecule has 4 rings (SSSR count). The number of benzene rings is 2. The van der Waals surface area contributed by atoms with Crippen LogP contribution in [-0.4, -0.2) is 40.4 Å². The minimum atomic E-state index is -0.372. The number of hydrogen-bond donors (Lipinski definition) is 1. The molecule has 0 unspecified atom stereocenters. The van der Waals surface area contributed by atoms with Gasteiger partial charge in [0.2, 0.25) is 11.8 Å². The van der Waals surface area contributed by atoms with Gasteiger partial charge in [-0.1, -0.05) is 52.0 Å². The van der Waals surface area contributed by atoms with Gasteiger partial charge >= 0.3 is 0 Å². The summed E-state index contributed by atoms with van der Waals surface area (Å²) in [6.45, 7) is 12.7. The maximum absolute atomic E-state index is 14.4. The van der Waals surface area contributed by atoms with Crippen LogP contribution in [-0.2, 0) is 15.0 Å². The van der Waals surface area contributed by atoms with Crippen LogP contribution < -0.4 is 10.2 Å². The Morgan fingerprint density at radius 1 is 1.19 bits per heavy atom. The van der Waals surface area contributed by atoms with Crippen LogP contribution in [0, 0.1) is 19.7 Å². The number of halogens is 1. The average molecular weight is 523 g/mol. The van der Waals surface area contributed by atoms with Crippen molar-refractivity contribution >= 4 is 29.4 Å². The van der Waals surface area contributed by atoms with Crippen LogP contribution in [0.25, 0.3) is 5.69 Å². The van der Waals surface area contributed by atoms with Crippen LogP contribution in [0.3, 0.4) is 0 Å². The molecule has 2 amide bonds. The van der Waals surface area contributed by atoms with Crippen molar-refractivity contribution in [1.82, 2.24) is 15.1 Å². The second-order valence-corrected chi connectivity index (χ2v) is 11.6. The van der Waals surface area contributed by atoms with Gasteiger partial charge in [0.05, 0.1) is 22.4 Å². The van der Waals surface area contributed by atoms with E-state index in [0.717, 1.165) is 40.1 Å². The molecule has 2 aromatic carbocycles. The molecule has 37 heavy (non-hydrogen) atoms. The van der Waals surface area contributed by atoms with Crippen molar-refractivity contribution in [3.05, 3.63) is 76.2 Å². The Morgan fingerprint density at radius 3 is 2.59 bits per heavy atom. The Balaban J connectivity index is 2.04.